The third-order valence-corrected chi connectivity index (χ3v) is 5.31. The minimum absolute atomic E-state index is 0.154. The first-order valence-electron chi connectivity index (χ1n) is 11.6. The molecule has 0 aromatic heterocycles. The molecule has 1 atom stereocenters. The van der Waals surface area contributed by atoms with Crippen molar-refractivity contribution in [2.75, 3.05) is 13.2 Å². The van der Waals surface area contributed by atoms with Crippen molar-refractivity contribution >= 4 is 18.1 Å². The Bertz CT molecular complexity index is 1140. The second-order valence-corrected chi connectivity index (χ2v) is 7.85. The van der Waals surface area contributed by atoms with Gasteiger partial charge in [0.2, 0.25) is 0 Å². The van der Waals surface area contributed by atoms with Gasteiger partial charge in [-0.05, 0) is 72.9 Å². The summed E-state index contributed by atoms with van der Waals surface area (Å²) < 4.78 is 16.6. The first-order valence-corrected chi connectivity index (χ1v) is 11.6. The minimum atomic E-state index is -0.477. The van der Waals surface area contributed by atoms with Crippen molar-refractivity contribution in [1.82, 2.24) is 5.43 Å². The first kappa shape index (κ1) is 25.5. The monoisotopic (exact) mass is 474 g/mol. The largest absolute Gasteiger partial charge is 0.490 e. The number of nitrogens with zero attached hydrogens (tertiary/aromatic N) is 1. The molecule has 35 heavy (non-hydrogen) atoms. The van der Waals surface area contributed by atoms with Gasteiger partial charge in [-0.3, -0.25) is 4.79 Å². The van der Waals surface area contributed by atoms with Gasteiger partial charge in [0.05, 0.1) is 18.4 Å². The van der Waals surface area contributed by atoms with Crippen LogP contribution in [0.3, 0.4) is 0 Å². The van der Waals surface area contributed by atoms with Crippen molar-refractivity contribution < 1.29 is 23.8 Å². The number of hydrazone groups is 1. The highest BCUT2D eigenvalue weighted by Crippen LogP contribution is 2.29. The van der Waals surface area contributed by atoms with Gasteiger partial charge >= 0.3 is 5.97 Å². The van der Waals surface area contributed by atoms with E-state index < -0.39 is 5.97 Å². The van der Waals surface area contributed by atoms with E-state index in [-0.39, 0.29) is 12.5 Å². The van der Waals surface area contributed by atoms with Crippen molar-refractivity contribution in [2.45, 2.75) is 33.1 Å². The number of amides is 1. The second kappa shape index (κ2) is 12.9. The molecule has 3 aromatic carbocycles. The molecule has 0 heterocycles. The summed E-state index contributed by atoms with van der Waals surface area (Å²) in [4.78, 5) is 24.4. The molecule has 7 nitrogen and oxygen atoms in total. The Hall–Kier alpha value is -4.13. The van der Waals surface area contributed by atoms with Crippen molar-refractivity contribution in [2.24, 2.45) is 5.10 Å². The van der Waals surface area contributed by atoms with Crippen molar-refractivity contribution in [3.8, 4) is 17.2 Å². The number of hydrogen-bond donors (Lipinski definition) is 1. The summed E-state index contributed by atoms with van der Waals surface area (Å²) in [6.07, 6.45) is 2.54. The van der Waals surface area contributed by atoms with E-state index in [1.165, 1.54) is 11.8 Å². The average molecular weight is 475 g/mol. The van der Waals surface area contributed by atoms with Crippen LogP contribution in [0.15, 0.2) is 77.9 Å². The zero-order valence-electron chi connectivity index (χ0n) is 20.2. The van der Waals surface area contributed by atoms with Gasteiger partial charge in [-0.15, -0.1) is 0 Å². The fraction of sp³-hybridized carbons (Fsp3) is 0.250. The standard InChI is InChI=1S/C28H30N2O5/c1-4-20(3)22-12-14-24(15-13-22)34-19-27(31)30-29-18-21-11-16-25(26(17-21)33-5-2)35-28(32)23-9-7-6-8-10-23/h6-18,20H,4-5,19H2,1-3H3,(H,30,31)/b29-18-/t20-/m1/s1. The van der Waals surface area contributed by atoms with Crippen LogP contribution in [-0.4, -0.2) is 31.3 Å². The molecule has 1 N–H and O–H groups in total. The molecule has 0 spiro atoms. The fourth-order valence-electron chi connectivity index (χ4n) is 3.18. The molecule has 0 aliphatic heterocycles. The van der Waals surface area contributed by atoms with E-state index in [0.717, 1.165) is 6.42 Å². The number of carbonyl (C=O) groups excluding carboxylic acids is 2. The van der Waals surface area contributed by atoms with Crippen LogP contribution in [0.1, 0.15) is 54.6 Å². The maximum Gasteiger partial charge on any atom is 0.343 e. The molecule has 0 aliphatic rings. The van der Waals surface area contributed by atoms with Gasteiger partial charge in [-0.1, -0.05) is 44.2 Å². The van der Waals surface area contributed by atoms with E-state index >= 15 is 0 Å². The van der Waals surface area contributed by atoms with E-state index in [9.17, 15) is 9.59 Å². The molecule has 0 radical (unpaired) electrons. The molecule has 0 bridgehead atoms. The van der Waals surface area contributed by atoms with Crippen LogP contribution in [-0.2, 0) is 4.79 Å². The van der Waals surface area contributed by atoms with Gasteiger partial charge in [-0.25, -0.2) is 10.2 Å². The first-order chi connectivity index (χ1) is 17.0. The van der Waals surface area contributed by atoms with Gasteiger partial charge in [0.1, 0.15) is 5.75 Å². The molecule has 0 fully saturated rings. The number of carbonyl (C=O) groups is 2. The van der Waals surface area contributed by atoms with E-state index in [4.69, 9.17) is 14.2 Å². The van der Waals surface area contributed by atoms with Gasteiger partial charge < -0.3 is 14.2 Å². The molecule has 1 amide bonds. The molecule has 0 aliphatic carbocycles. The number of rotatable bonds is 11. The number of ether oxygens (including phenoxy) is 3. The predicted molar refractivity (Wildman–Crippen MR) is 135 cm³/mol. The van der Waals surface area contributed by atoms with Crippen LogP contribution in [0.5, 0.6) is 17.2 Å². The summed E-state index contributed by atoms with van der Waals surface area (Å²) in [6.45, 7) is 6.39. The summed E-state index contributed by atoms with van der Waals surface area (Å²) in [7, 11) is 0. The maximum absolute atomic E-state index is 12.4. The molecule has 0 unspecified atom stereocenters. The Morgan fingerprint density at radius 1 is 0.943 bits per heavy atom. The number of nitrogens with one attached hydrogen (secondary N) is 1. The second-order valence-electron chi connectivity index (χ2n) is 7.85. The molecule has 7 heteroatoms. The van der Waals surface area contributed by atoms with Crippen molar-refractivity contribution in [1.29, 1.82) is 0 Å². The zero-order valence-corrected chi connectivity index (χ0v) is 20.2. The van der Waals surface area contributed by atoms with Crippen LogP contribution in [0, 0.1) is 0 Å². The molecule has 182 valence electrons. The molecule has 3 aromatic rings. The summed E-state index contributed by atoms with van der Waals surface area (Å²) in [5.74, 6) is 0.944. The highest BCUT2D eigenvalue weighted by molar-refractivity contribution is 5.91. The Kier molecular flexibility index (Phi) is 9.42. The number of benzene rings is 3. The van der Waals surface area contributed by atoms with E-state index in [1.54, 1.807) is 42.5 Å². The summed E-state index contributed by atoms with van der Waals surface area (Å²) in [5.41, 5.74) is 4.78. The maximum atomic E-state index is 12.4. The molecule has 0 saturated carbocycles. The van der Waals surface area contributed by atoms with Crippen LogP contribution in [0.2, 0.25) is 0 Å². The van der Waals surface area contributed by atoms with Crippen LogP contribution in [0.25, 0.3) is 0 Å². The lowest BCUT2D eigenvalue weighted by Crippen LogP contribution is -2.24. The highest BCUT2D eigenvalue weighted by atomic mass is 16.6. The lowest BCUT2D eigenvalue weighted by molar-refractivity contribution is -0.123. The Morgan fingerprint density at radius 3 is 2.37 bits per heavy atom. The minimum Gasteiger partial charge on any atom is -0.490 e. The average Bonchev–Trinajstić information content (AvgIpc) is 2.89. The quantitative estimate of drug-likeness (QED) is 0.175. The SMILES string of the molecule is CCOc1cc(/C=N\NC(=O)COc2ccc([C@H](C)CC)cc2)ccc1OC(=O)c1ccccc1. The Morgan fingerprint density at radius 2 is 1.69 bits per heavy atom. The fourth-order valence-corrected chi connectivity index (χ4v) is 3.18. The highest BCUT2D eigenvalue weighted by Gasteiger charge is 2.13. The number of hydrogen-bond acceptors (Lipinski definition) is 6. The van der Waals surface area contributed by atoms with Gasteiger partial charge in [0.15, 0.2) is 18.1 Å². The molecule has 3 rings (SSSR count). The molecule has 0 saturated heterocycles. The van der Waals surface area contributed by atoms with Gasteiger partial charge in [-0.2, -0.15) is 5.10 Å². The van der Waals surface area contributed by atoms with Crippen molar-refractivity contribution in [3.05, 3.63) is 89.5 Å². The van der Waals surface area contributed by atoms with E-state index in [2.05, 4.69) is 24.4 Å². The van der Waals surface area contributed by atoms with Crippen molar-refractivity contribution in [3.63, 3.8) is 0 Å². The lowest BCUT2D eigenvalue weighted by atomic mass is 9.99. The lowest BCUT2D eigenvalue weighted by Gasteiger charge is -2.11. The van der Waals surface area contributed by atoms with E-state index in [0.29, 0.717) is 40.9 Å². The molecular weight excluding hydrogens is 444 g/mol. The smallest absolute Gasteiger partial charge is 0.343 e. The van der Waals surface area contributed by atoms with E-state index in [1.807, 2.05) is 37.3 Å². The summed E-state index contributed by atoms with van der Waals surface area (Å²) >= 11 is 0. The van der Waals surface area contributed by atoms with Crippen LogP contribution < -0.4 is 19.6 Å². The summed E-state index contributed by atoms with van der Waals surface area (Å²) in [6, 6.07) is 21.5. The predicted octanol–water partition coefficient (Wildman–Crippen LogP) is 5.35. The third-order valence-electron chi connectivity index (χ3n) is 5.31. The zero-order chi connectivity index (χ0) is 25.0. The topological polar surface area (TPSA) is 86.2 Å². The number of esters is 1. The summed E-state index contributed by atoms with van der Waals surface area (Å²) in [5, 5.41) is 3.97. The van der Waals surface area contributed by atoms with Gasteiger partial charge in [0.25, 0.3) is 5.91 Å². The van der Waals surface area contributed by atoms with Crippen LogP contribution >= 0.6 is 0 Å². The van der Waals surface area contributed by atoms with Gasteiger partial charge in [0, 0.05) is 0 Å². The van der Waals surface area contributed by atoms with Crippen LogP contribution in [0.4, 0.5) is 0 Å². The third kappa shape index (κ3) is 7.71. The Labute approximate surface area is 205 Å². The Balaban J connectivity index is 1.54. The molecular formula is C28H30N2O5. The normalized spacial score (nSPS) is 11.6.